The van der Waals surface area contributed by atoms with Crippen LogP contribution in [0.3, 0.4) is 0 Å². The van der Waals surface area contributed by atoms with Crippen molar-refractivity contribution in [1.82, 2.24) is 29.4 Å². The minimum absolute atomic E-state index is 0.142. The van der Waals surface area contributed by atoms with Crippen molar-refractivity contribution in [2.24, 2.45) is 7.05 Å². The number of carbonyl (C=O) groups excluding carboxylic acids is 1. The lowest BCUT2D eigenvalue weighted by Gasteiger charge is -2.31. The molecule has 1 amide bonds. The number of amides is 1. The summed E-state index contributed by atoms with van der Waals surface area (Å²) in [7, 11) is 3.93. The zero-order valence-corrected chi connectivity index (χ0v) is 19.0. The minimum atomic E-state index is -0.488. The maximum atomic E-state index is 12.3. The van der Waals surface area contributed by atoms with Gasteiger partial charge in [0.05, 0.1) is 12.4 Å². The minimum Gasteiger partial charge on any atom is -0.448 e. The van der Waals surface area contributed by atoms with E-state index >= 15 is 0 Å². The molecule has 174 valence electrons. The zero-order chi connectivity index (χ0) is 23.2. The van der Waals surface area contributed by atoms with Gasteiger partial charge in [-0.25, -0.2) is 9.48 Å². The van der Waals surface area contributed by atoms with Crippen molar-refractivity contribution in [3.05, 3.63) is 70.4 Å². The second-order valence-corrected chi connectivity index (χ2v) is 8.23. The molecule has 0 unspecified atom stereocenters. The molecule has 3 heterocycles. The number of likely N-dealkylation sites (N-methyl/N-ethyl adjacent to an activating group) is 1. The van der Waals surface area contributed by atoms with E-state index in [0.717, 1.165) is 44.0 Å². The van der Waals surface area contributed by atoms with Crippen molar-refractivity contribution in [2.45, 2.75) is 6.42 Å². The number of aromatic nitrogens is 4. The van der Waals surface area contributed by atoms with Crippen LogP contribution in [0.1, 0.15) is 11.3 Å². The summed E-state index contributed by atoms with van der Waals surface area (Å²) < 4.78 is 8.64. The van der Waals surface area contributed by atoms with E-state index in [1.54, 1.807) is 27.8 Å². The van der Waals surface area contributed by atoms with Gasteiger partial charge in [-0.1, -0.05) is 12.1 Å². The molecule has 10 nitrogen and oxygen atoms in total. The Morgan fingerprint density at radius 2 is 1.97 bits per heavy atom. The molecule has 0 aliphatic carbocycles. The highest BCUT2D eigenvalue weighted by Gasteiger charge is 2.14. The van der Waals surface area contributed by atoms with Gasteiger partial charge in [0.1, 0.15) is 18.0 Å². The van der Waals surface area contributed by atoms with E-state index in [1.165, 1.54) is 6.07 Å². The van der Waals surface area contributed by atoms with Gasteiger partial charge < -0.3 is 9.64 Å². The standard InChI is InChI=1S/C23H29N7O3/c1-27-8-10-29(11-9-27)12-13-33-23(32)25-19-5-3-4-18(14-19)15-21-22(31)6-7-30(26-21)20-16-24-28(2)17-20/h3-7,14,16-17H,8-13,15H2,1-2H3,(H,25,32). The number of anilines is 1. The number of rotatable bonds is 7. The van der Waals surface area contributed by atoms with Gasteiger partial charge in [0.25, 0.3) is 0 Å². The molecule has 1 aliphatic rings. The van der Waals surface area contributed by atoms with E-state index in [0.29, 0.717) is 24.4 Å². The monoisotopic (exact) mass is 451 g/mol. The predicted octanol–water partition coefficient (Wildman–Crippen LogP) is 1.35. The summed E-state index contributed by atoms with van der Waals surface area (Å²) in [5.41, 5.74) is 2.51. The summed E-state index contributed by atoms with van der Waals surface area (Å²) in [6, 6.07) is 8.83. The van der Waals surface area contributed by atoms with Gasteiger partial charge in [-0.3, -0.25) is 19.7 Å². The molecule has 4 rings (SSSR count). The molecule has 1 saturated heterocycles. The fourth-order valence-electron chi connectivity index (χ4n) is 3.69. The SMILES string of the molecule is CN1CCN(CCOC(=O)Nc2cccc(Cc3nn(-c4cnn(C)c4)ccc3=O)c2)CC1. The van der Waals surface area contributed by atoms with Crippen molar-refractivity contribution in [2.75, 3.05) is 51.7 Å². The number of hydrogen-bond acceptors (Lipinski definition) is 7. The molecule has 0 radical (unpaired) electrons. The topological polar surface area (TPSA) is 97.5 Å². The molecule has 1 aliphatic heterocycles. The number of nitrogens with one attached hydrogen (secondary N) is 1. The molecule has 1 aromatic carbocycles. The number of aryl methyl sites for hydroxylation is 1. The fourth-order valence-corrected chi connectivity index (χ4v) is 3.69. The van der Waals surface area contributed by atoms with Crippen LogP contribution in [0.2, 0.25) is 0 Å². The van der Waals surface area contributed by atoms with E-state index in [1.807, 2.05) is 31.4 Å². The molecule has 0 saturated carbocycles. The fraction of sp³-hybridized carbons (Fsp3) is 0.391. The largest absolute Gasteiger partial charge is 0.448 e. The highest BCUT2D eigenvalue weighted by atomic mass is 16.5. The maximum Gasteiger partial charge on any atom is 0.411 e. The molecular formula is C23H29N7O3. The molecular weight excluding hydrogens is 422 g/mol. The first kappa shape index (κ1) is 22.7. The normalized spacial score (nSPS) is 14.8. The number of ether oxygens (including phenoxy) is 1. The Kier molecular flexibility index (Phi) is 7.16. The second-order valence-electron chi connectivity index (χ2n) is 8.23. The molecule has 1 N–H and O–H groups in total. The summed E-state index contributed by atoms with van der Waals surface area (Å²) >= 11 is 0. The van der Waals surface area contributed by atoms with Crippen molar-refractivity contribution in [3.8, 4) is 5.69 Å². The molecule has 0 spiro atoms. The number of carbonyl (C=O) groups is 1. The van der Waals surface area contributed by atoms with Crippen LogP contribution >= 0.6 is 0 Å². The van der Waals surface area contributed by atoms with Gasteiger partial charge in [-0.15, -0.1) is 0 Å². The Bertz CT molecular complexity index is 1150. The zero-order valence-electron chi connectivity index (χ0n) is 19.0. The van der Waals surface area contributed by atoms with Gasteiger partial charge >= 0.3 is 6.09 Å². The van der Waals surface area contributed by atoms with Crippen molar-refractivity contribution in [3.63, 3.8) is 0 Å². The Morgan fingerprint density at radius 3 is 2.73 bits per heavy atom. The average Bonchev–Trinajstić information content (AvgIpc) is 3.23. The highest BCUT2D eigenvalue weighted by molar-refractivity contribution is 5.84. The van der Waals surface area contributed by atoms with Crippen LogP contribution in [0, 0.1) is 0 Å². The number of nitrogens with zero attached hydrogens (tertiary/aromatic N) is 6. The Hall–Kier alpha value is -3.50. The number of benzene rings is 1. The van der Waals surface area contributed by atoms with Crippen LogP contribution in [-0.4, -0.2) is 81.8 Å². The van der Waals surface area contributed by atoms with Crippen LogP contribution in [0.25, 0.3) is 5.69 Å². The van der Waals surface area contributed by atoms with E-state index in [2.05, 4.69) is 32.4 Å². The first-order chi connectivity index (χ1) is 16.0. The molecule has 33 heavy (non-hydrogen) atoms. The van der Waals surface area contributed by atoms with Gasteiger partial charge in [0.2, 0.25) is 5.43 Å². The van der Waals surface area contributed by atoms with Gasteiger partial charge in [-0.05, 0) is 24.7 Å². The van der Waals surface area contributed by atoms with Gasteiger partial charge in [-0.2, -0.15) is 10.2 Å². The van der Waals surface area contributed by atoms with Crippen molar-refractivity contribution < 1.29 is 9.53 Å². The van der Waals surface area contributed by atoms with E-state index in [9.17, 15) is 9.59 Å². The first-order valence-corrected chi connectivity index (χ1v) is 11.0. The lowest BCUT2D eigenvalue weighted by molar-refractivity contribution is 0.111. The number of piperazine rings is 1. The van der Waals surface area contributed by atoms with Gasteiger partial charge in [0.15, 0.2) is 0 Å². The first-order valence-electron chi connectivity index (χ1n) is 11.0. The van der Waals surface area contributed by atoms with Crippen LogP contribution in [0.4, 0.5) is 10.5 Å². The predicted molar refractivity (Wildman–Crippen MR) is 125 cm³/mol. The third-order valence-electron chi connectivity index (χ3n) is 5.62. The quantitative estimate of drug-likeness (QED) is 0.579. The molecule has 0 bridgehead atoms. The van der Waals surface area contributed by atoms with Crippen molar-refractivity contribution >= 4 is 11.8 Å². The molecule has 1 fully saturated rings. The van der Waals surface area contributed by atoms with Crippen LogP contribution in [0.5, 0.6) is 0 Å². The summed E-state index contributed by atoms with van der Waals surface area (Å²) in [4.78, 5) is 29.1. The summed E-state index contributed by atoms with van der Waals surface area (Å²) in [6.07, 6.45) is 4.98. The third-order valence-corrected chi connectivity index (χ3v) is 5.62. The molecule has 10 heteroatoms. The lowest BCUT2D eigenvalue weighted by Crippen LogP contribution is -2.45. The average molecular weight is 452 g/mol. The Labute approximate surface area is 192 Å². The highest BCUT2D eigenvalue weighted by Crippen LogP contribution is 2.14. The van der Waals surface area contributed by atoms with E-state index in [4.69, 9.17) is 4.74 Å². The molecule has 3 aromatic rings. The summed E-state index contributed by atoms with van der Waals surface area (Å²) in [6.45, 7) is 5.10. The number of hydrogen-bond donors (Lipinski definition) is 1. The van der Waals surface area contributed by atoms with Crippen LogP contribution in [-0.2, 0) is 18.2 Å². The third kappa shape index (κ3) is 6.27. The summed E-state index contributed by atoms with van der Waals surface area (Å²) in [5.74, 6) is 0. The van der Waals surface area contributed by atoms with E-state index in [-0.39, 0.29) is 5.43 Å². The van der Waals surface area contributed by atoms with E-state index < -0.39 is 6.09 Å². The Morgan fingerprint density at radius 1 is 1.15 bits per heavy atom. The van der Waals surface area contributed by atoms with Gasteiger partial charge in [0, 0.05) is 64.1 Å². The van der Waals surface area contributed by atoms with Crippen LogP contribution in [0.15, 0.2) is 53.7 Å². The molecule has 2 aromatic heterocycles. The summed E-state index contributed by atoms with van der Waals surface area (Å²) in [5, 5.41) is 11.4. The van der Waals surface area contributed by atoms with Crippen molar-refractivity contribution in [1.29, 1.82) is 0 Å². The maximum absolute atomic E-state index is 12.3. The smallest absolute Gasteiger partial charge is 0.411 e. The lowest BCUT2D eigenvalue weighted by atomic mass is 10.1. The Balaban J connectivity index is 1.33. The van der Waals surface area contributed by atoms with Crippen LogP contribution < -0.4 is 10.7 Å². The second kappa shape index (κ2) is 10.4. The molecule has 0 atom stereocenters.